The average molecular weight is 180 g/mol. The van der Waals surface area contributed by atoms with Gasteiger partial charge in [-0.3, -0.25) is 4.90 Å². The van der Waals surface area contributed by atoms with E-state index in [-0.39, 0.29) is 0 Å². The monoisotopic (exact) mass is 180 g/mol. The Morgan fingerprint density at radius 1 is 1.46 bits per heavy atom. The Bertz CT molecular complexity index is 264. The number of hydrogen-bond donors (Lipinski definition) is 1. The van der Waals surface area contributed by atoms with Gasteiger partial charge in [0, 0.05) is 31.5 Å². The number of aromatic nitrogens is 1. The molecule has 0 amide bonds. The lowest BCUT2D eigenvalue weighted by Gasteiger charge is -2.25. The summed E-state index contributed by atoms with van der Waals surface area (Å²) in [5.74, 6) is 0. The molecular weight excluding hydrogens is 164 g/mol. The number of rotatable bonds is 2. The molecule has 1 N–H and O–H groups in total. The van der Waals surface area contributed by atoms with Crippen LogP contribution < -0.4 is 0 Å². The molecular formula is C10H16N2O. The van der Waals surface area contributed by atoms with Gasteiger partial charge in [-0.05, 0) is 18.6 Å². The van der Waals surface area contributed by atoms with Crippen LogP contribution in [0.3, 0.4) is 0 Å². The van der Waals surface area contributed by atoms with Gasteiger partial charge in [0.1, 0.15) is 0 Å². The van der Waals surface area contributed by atoms with Crippen molar-refractivity contribution in [2.75, 3.05) is 26.3 Å². The zero-order valence-corrected chi connectivity index (χ0v) is 8.05. The summed E-state index contributed by atoms with van der Waals surface area (Å²) in [6, 6.07) is 2.20. The van der Waals surface area contributed by atoms with Crippen LogP contribution in [0, 0.1) is 6.92 Å². The lowest BCUT2D eigenvalue weighted by Crippen LogP contribution is -2.35. The van der Waals surface area contributed by atoms with Gasteiger partial charge < -0.3 is 9.72 Å². The molecule has 0 spiro atoms. The van der Waals surface area contributed by atoms with E-state index in [2.05, 4.69) is 29.1 Å². The predicted molar refractivity (Wildman–Crippen MR) is 51.6 cm³/mol. The molecule has 72 valence electrons. The molecule has 1 aliphatic rings. The Morgan fingerprint density at radius 3 is 2.85 bits per heavy atom. The van der Waals surface area contributed by atoms with Crippen LogP contribution in [0.15, 0.2) is 12.3 Å². The first-order valence-corrected chi connectivity index (χ1v) is 4.78. The predicted octanol–water partition coefficient (Wildman–Crippen LogP) is 1.16. The maximum absolute atomic E-state index is 5.29. The largest absolute Gasteiger partial charge is 0.379 e. The number of aromatic amines is 1. The van der Waals surface area contributed by atoms with Crippen LogP contribution in [0.25, 0.3) is 0 Å². The summed E-state index contributed by atoms with van der Waals surface area (Å²) in [7, 11) is 0. The van der Waals surface area contributed by atoms with E-state index in [9.17, 15) is 0 Å². The van der Waals surface area contributed by atoms with Crippen molar-refractivity contribution in [3.8, 4) is 0 Å². The van der Waals surface area contributed by atoms with Gasteiger partial charge in [-0.25, -0.2) is 0 Å². The summed E-state index contributed by atoms with van der Waals surface area (Å²) in [6.07, 6.45) is 2.09. The van der Waals surface area contributed by atoms with Crippen LogP contribution in [-0.4, -0.2) is 36.2 Å². The fraction of sp³-hybridized carbons (Fsp3) is 0.600. The maximum Gasteiger partial charge on any atom is 0.0594 e. The maximum atomic E-state index is 5.29. The van der Waals surface area contributed by atoms with E-state index in [0.717, 1.165) is 32.8 Å². The lowest BCUT2D eigenvalue weighted by atomic mass is 10.3. The molecule has 13 heavy (non-hydrogen) atoms. The molecule has 0 atom stereocenters. The van der Waals surface area contributed by atoms with Crippen molar-refractivity contribution in [1.29, 1.82) is 0 Å². The molecule has 0 aromatic carbocycles. The van der Waals surface area contributed by atoms with Crippen molar-refractivity contribution in [2.45, 2.75) is 13.5 Å². The molecule has 2 heterocycles. The van der Waals surface area contributed by atoms with Gasteiger partial charge in [-0.15, -0.1) is 0 Å². The van der Waals surface area contributed by atoms with Gasteiger partial charge in [-0.2, -0.15) is 0 Å². The molecule has 2 rings (SSSR count). The van der Waals surface area contributed by atoms with E-state index in [1.807, 2.05) is 0 Å². The van der Waals surface area contributed by atoms with Crippen LogP contribution in [0.2, 0.25) is 0 Å². The fourth-order valence-corrected chi connectivity index (χ4v) is 1.68. The van der Waals surface area contributed by atoms with Crippen LogP contribution in [0.4, 0.5) is 0 Å². The molecule has 1 aliphatic heterocycles. The van der Waals surface area contributed by atoms with Gasteiger partial charge in [0.05, 0.1) is 13.2 Å². The molecule has 1 saturated heterocycles. The minimum Gasteiger partial charge on any atom is -0.379 e. The van der Waals surface area contributed by atoms with Crippen molar-refractivity contribution in [3.63, 3.8) is 0 Å². The number of H-pyrrole nitrogens is 1. The Hall–Kier alpha value is -0.800. The Kier molecular flexibility index (Phi) is 2.66. The smallest absolute Gasteiger partial charge is 0.0594 e. The number of nitrogens with zero attached hydrogens (tertiary/aromatic N) is 1. The van der Waals surface area contributed by atoms with E-state index < -0.39 is 0 Å². The van der Waals surface area contributed by atoms with Gasteiger partial charge in [0.2, 0.25) is 0 Å². The topological polar surface area (TPSA) is 28.3 Å². The summed E-state index contributed by atoms with van der Waals surface area (Å²) >= 11 is 0. The van der Waals surface area contributed by atoms with Crippen LogP contribution in [0.1, 0.15) is 11.3 Å². The van der Waals surface area contributed by atoms with Gasteiger partial charge in [0.25, 0.3) is 0 Å². The fourth-order valence-electron chi connectivity index (χ4n) is 1.68. The first kappa shape index (κ1) is 8.78. The number of ether oxygens (including phenoxy) is 1. The summed E-state index contributed by atoms with van der Waals surface area (Å²) in [5.41, 5.74) is 2.61. The van der Waals surface area contributed by atoms with Crippen molar-refractivity contribution in [2.24, 2.45) is 0 Å². The van der Waals surface area contributed by atoms with E-state index >= 15 is 0 Å². The first-order chi connectivity index (χ1) is 6.34. The highest BCUT2D eigenvalue weighted by Crippen LogP contribution is 2.07. The average Bonchev–Trinajstić information content (AvgIpc) is 2.53. The van der Waals surface area contributed by atoms with Crippen LogP contribution in [-0.2, 0) is 11.3 Å². The molecule has 0 saturated carbocycles. The van der Waals surface area contributed by atoms with Gasteiger partial charge in [-0.1, -0.05) is 0 Å². The highest BCUT2D eigenvalue weighted by molar-refractivity contribution is 5.15. The highest BCUT2D eigenvalue weighted by Gasteiger charge is 2.10. The second kappa shape index (κ2) is 3.94. The number of nitrogens with one attached hydrogen (secondary N) is 1. The Labute approximate surface area is 78.7 Å². The SMILES string of the molecule is Cc1cc(CN2CCOCC2)c[nH]1. The van der Waals surface area contributed by atoms with Crippen LogP contribution >= 0.6 is 0 Å². The quantitative estimate of drug-likeness (QED) is 0.739. The number of morpholine rings is 1. The highest BCUT2D eigenvalue weighted by atomic mass is 16.5. The molecule has 0 unspecified atom stereocenters. The third-order valence-corrected chi connectivity index (χ3v) is 2.40. The second-order valence-electron chi connectivity index (χ2n) is 3.58. The molecule has 3 nitrogen and oxygen atoms in total. The lowest BCUT2D eigenvalue weighted by molar-refractivity contribution is 0.0342. The number of hydrogen-bond acceptors (Lipinski definition) is 2. The minimum atomic E-state index is 0.878. The van der Waals surface area contributed by atoms with E-state index in [4.69, 9.17) is 4.74 Å². The third-order valence-electron chi connectivity index (χ3n) is 2.40. The van der Waals surface area contributed by atoms with Crippen molar-refractivity contribution in [3.05, 3.63) is 23.5 Å². The van der Waals surface area contributed by atoms with Gasteiger partial charge in [0.15, 0.2) is 0 Å². The Balaban J connectivity index is 1.89. The standard InChI is InChI=1S/C10H16N2O/c1-9-6-10(7-11-9)8-12-2-4-13-5-3-12/h6-7,11H,2-5,8H2,1H3. The van der Waals surface area contributed by atoms with E-state index in [0.29, 0.717) is 0 Å². The summed E-state index contributed by atoms with van der Waals surface area (Å²) < 4.78 is 5.29. The van der Waals surface area contributed by atoms with Crippen molar-refractivity contribution < 1.29 is 4.74 Å². The summed E-state index contributed by atoms with van der Waals surface area (Å²) in [4.78, 5) is 5.62. The molecule has 0 radical (unpaired) electrons. The molecule has 1 aromatic heterocycles. The second-order valence-corrected chi connectivity index (χ2v) is 3.58. The summed E-state index contributed by atoms with van der Waals surface area (Å²) in [5, 5.41) is 0. The third kappa shape index (κ3) is 2.32. The van der Waals surface area contributed by atoms with Gasteiger partial charge >= 0.3 is 0 Å². The van der Waals surface area contributed by atoms with Crippen molar-refractivity contribution in [1.82, 2.24) is 9.88 Å². The normalized spacial score (nSPS) is 19.2. The Morgan fingerprint density at radius 2 is 2.23 bits per heavy atom. The molecule has 1 aromatic rings. The van der Waals surface area contributed by atoms with E-state index in [1.165, 1.54) is 11.3 Å². The molecule has 0 aliphatic carbocycles. The van der Waals surface area contributed by atoms with E-state index in [1.54, 1.807) is 0 Å². The molecule has 1 fully saturated rings. The number of aryl methyl sites for hydroxylation is 1. The van der Waals surface area contributed by atoms with Crippen LogP contribution in [0.5, 0.6) is 0 Å². The zero-order valence-electron chi connectivity index (χ0n) is 8.05. The van der Waals surface area contributed by atoms with Crippen molar-refractivity contribution >= 4 is 0 Å². The molecule has 0 bridgehead atoms. The molecule has 3 heteroatoms. The zero-order chi connectivity index (χ0) is 9.10. The first-order valence-electron chi connectivity index (χ1n) is 4.78. The summed E-state index contributed by atoms with van der Waals surface area (Å²) in [6.45, 7) is 7.01. The minimum absolute atomic E-state index is 0.878.